The van der Waals surface area contributed by atoms with E-state index in [0.717, 1.165) is 10.6 Å². The molecule has 2 amide bonds. The molecule has 0 aliphatic heterocycles. The third kappa shape index (κ3) is 8.37. The third-order valence-corrected chi connectivity index (χ3v) is 6.41. The summed E-state index contributed by atoms with van der Waals surface area (Å²) in [6.45, 7) is 3.91. The Morgan fingerprint density at radius 2 is 1.71 bits per heavy atom. The topological polar surface area (TPSA) is 140 Å². The van der Waals surface area contributed by atoms with Crippen molar-refractivity contribution < 1.29 is 31.9 Å². The fraction of sp³-hybridized carbons (Fsp3) is 0.269. The van der Waals surface area contributed by atoms with Gasteiger partial charge in [-0.15, -0.1) is 0 Å². The predicted molar refractivity (Wildman–Crippen MR) is 143 cm³/mol. The number of furan rings is 1. The second kappa shape index (κ2) is 13.3. The molecule has 0 saturated heterocycles. The first-order chi connectivity index (χ1) is 18.2. The molecule has 1 aromatic heterocycles. The Morgan fingerprint density at radius 3 is 2.32 bits per heavy atom. The lowest BCUT2D eigenvalue weighted by atomic mass is 10.2. The van der Waals surface area contributed by atoms with Crippen LogP contribution in [0.3, 0.4) is 0 Å². The van der Waals surface area contributed by atoms with E-state index in [1.807, 2.05) is 6.92 Å². The number of hydrazone groups is 1. The van der Waals surface area contributed by atoms with Crippen molar-refractivity contribution in [2.24, 2.45) is 5.10 Å². The molecule has 1 heterocycles. The molecule has 11 nitrogen and oxygen atoms in total. The van der Waals surface area contributed by atoms with E-state index in [1.54, 1.807) is 60.7 Å². The molecule has 0 aliphatic rings. The number of amides is 2. The maximum absolute atomic E-state index is 12.7. The van der Waals surface area contributed by atoms with Gasteiger partial charge in [0.15, 0.2) is 6.61 Å². The number of benzene rings is 2. The van der Waals surface area contributed by atoms with Crippen molar-refractivity contribution in [2.75, 3.05) is 23.8 Å². The van der Waals surface area contributed by atoms with Crippen molar-refractivity contribution in [2.45, 2.75) is 26.4 Å². The number of anilines is 1. The number of hydrogen-bond donors (Lipinski definition) is 2. The minimum absolute atomic E-state index is 0.159. The molecule has 0 bridgehead atoms. The number of carbonyl (C=O) groups excluding carboxylic acids is 2. The lowest BCUT2D eigenvalue weighted by Gasteiger charge is -2.27. The summed E-state index contributed by atoms with van der Waals surface area (Å²) in [5, 5.41) is 6.62. The third-order valence-electron chi connectivity index (χ3n) is 5.17. The van der Waals surface area contributed by atoms with Crippen LogP contribution in [-0.2, 0) is 26.2 Å². The van der Waals surface area contributed by atoms with Crippen LogP contribution in [-0.4, -0.2) is 52.0 Å². The molecule has 1 atom stereocenters. The molecule has 2 aromatic carbocycles. The monoisotopic (exact) mass is 542 g/mol. The van der Waals surface area contributed by atoms with Crippen LogP contribution in [0.4, 0.5) is 5.69 Å². The Kier molecular flexibility index (Phi) is 9.88. The molecule has 0 radical (unpaired) electrons. The fourth-order valence-corrected chi connectivity index (χ4v) is 4.55. The SMILES string of the molecule is CCOc1ccc(N([C@@H](C)C(=O)N/N=C\c2ccc(OCC(=O)NCc3ccco3)cc2)S(C)(=O)=O)cc1. The molecular formula is C26H30N4O7S. The molecule has 0 spiro atoms. The second-order valence-corrected chi connectivity index (χ2v) is 9.97. The van der Waals surface area contributed by atoms with Gasteiger partial charge in [0, 0.05) is 0 Å². The maximum Gasteiger partial charge on any atom is 0.263 e. The lowest BCUT2D eigenvalue weighted by Crippen LogP contribution is -2.46. The summed E-state index contributed by atoms with van der Waals surface area (Å²) >= 11 is 0. The zero-order valence-corrected chi connectivity index (χ0v) is 22.1. The van der Waals surface area contributed by atoms with Crippen LogP contribution in [0.5, 0.6) is 11.5 Å². The normalized spacial score (nSPS) is 12.1. The highest BCUT2D eigenvalue weighted by atomic mass is 32.2. The number of nitrogens with one attached hydrogen (secondary N) is 2. The highest BCUT2D eigenvalue weighted by Crippen LogP contribution is 2.24. The minimum Gasteiger partial charge on any atom is -0.494 e. The zero-order valence-electron chi connectivity index (χ0n) is 21.3. The average molecular weight is 543 g/mol. The first-order valence-electron chi connectivity index (χ1n) is 11.7. The van der Waals surface area contributed by atoms with Gasteiger partial charge >= 0.3 is 0 Å². The number of rotatable bonds is 13. The van der Waals surface area contributed by atoms with E-state index in [0.29, 0.717) is 35.1 Å². The van der Waals surface area contributed by atoms with E-state index in [2.05, 4.69) is 15.8 Å². The van der Waals surface area contributed by atoms with Gasteiger partial charge < -0.3 is 19.2 Å². The van der Waals surface area contributed by atoms with Crippen molar-refractivity contribution in [3.05, 3.63) is 78.3 Å². The molecule has 0 unspecified atom stereocenters. The van der Waals surface area contributed by atoms with Crippen molar-refractivity contribution in [3.63, 3.8) is 0 Å². The lowest BCUT2D eigenvalue weighted by molar-refractivity contribution is -0.123. The number of ether oxygens (including phenoxy) is 2. The van der Waals surface area contributed by atoms with Crippen LogP contribution in [0.2, 0.25) is 0 Å². The fourth-order valence-electron chi connectivity index (χ4n) is 3.38. The first-order valence-corrected chi connectivity index (χ1v) is 13.6. The molecule has 0 aliphatic carbocycles. The van der Waals surface area contributed by atoms with E-state index < -0.39 is 22.0 Å². The minimum atomic E-state index is -3.76. The van der Waals surface area contributed by atoms with Gasteiger partial charge in [-0.2, -0.15) is 5.10 Å². The quantitative estimate of drug-likeness (QED) is 0.250. The summed E-state index contributed by atoms with van der Waals surface area (Å²) in [5.74, 6) is 0.810. The molecule has 38 heavy (non-hydrogen) atoms. The van der Waals surface area contributed by atoms with Crippen LogP contribution in [0.25, 0.3) is 0 Å². The van der Waals surface area contributed by atoms with E-state index in [9.17, 15) is 18.0 Å². The zero-order chi connectivity index (χ0) is 27.5. The van der Waals surface area contributed by atoms with Gasteiger partial charge in [-0.3, -0.25) is 13.9 Å². The summed E-state index contributed by atoms with van der Waals surface area (Å²) in [7, 11) is -3.76. The van der Waals surface area contributed by atoms with Gasteiger partial charge in [-0.05, 0) is 80.1 Å². The molecule has 202 valence electrons. The molecule has 0 fully saturated rings. The Bertz CT molecular complexity index is 1320. The van der Waals surface area contributed by atoms with Gasteiger partial charge in [-0.25, -0.2) is 13.8 Å². The van der Waals surface area contributed by atoms with Crippen molar-refractivity contribution >= 4 is 33.7 Å². The highest BCUT2D eigenvalue weighted by Gasteiger charge is 2.29. The van der Waals surface area contributed by atoms with E-state index in [1.165, 1.54) is 19.4 Å². The van der Waals surface area contributed by atoms with Crippen LogP contribution >= 0.6 is 0 Å². The van der Waals surface area contributed by atoms with Gasteiger partial charge in [0.05, 0.1) is 37.6 Å². The molecule has 3 rings (SSSR count). The molecule has 12 heteroatoms. The van der Waals surface area contributed by atoms with E-state index in [4.69, 9.17) is 13.9 Å². The Morgan fingerprint density at radius 1 is 1.05 bits per heavy atom. The number of carbonyl (C=O) groups is 2. The summed E-state index contributed by atoms with van der Waals surface area (Å²) in [4.78, 5) is 24.6. The number of sulfonamides is 1. The Labute approximate surface area is 221 Å². The second-order valence-electron chi connectivity index (χ2n) is 8.11. The number of nitrogens with zero attached hydrogens (tertiary/aromatic N) is 2. The molecule has 0 saturated carbocycles. The predicted octanol–water partition coefficient (Wildman–Crippen LogP) is 2.68. The van der Waals surface area contributed by atoms with Gasteiger partial charge in [0.2, 0.25) is 10.0 Å². The molecule has 3 aromatic rings. The van der Waals surface area contributed by atoms with E-state index >= 15 is 0 Å². The Hall–Kier alpha value is -4.32. The summed E-state index contributed by atoms with van der Waals surface area (Å²) in [6.07, 6.45) is 3.97. The number of hydrogen-bond acceptors (Lipinski definition) is 8. The van der Waals surface area contributed by atoms with Crippen LogP contribution in [0.15, 0.2) is 76.4 Å². The van der Waals surface area contributed by atoms with Crippen LogP contribution in [0, 0.1) is 0 Å². The van der Waals surface area contributed by atoms with Crippen molar-refractivity contribution in [1.29, 1.82) is 0 Å². The standard InChI is InChI=1S/C26H30N4O7S/c1-4-35-22-13-9-21(10-14-22)30(38(3,33)34)19(2)26(32)29-28-16-20-7-11-23(12-8-20)37-18-25(31)27-17-24-6-5-15-36-24/h5-16,19H,4,17-18H2,1-3H3,(H,27,31)(H,29,32)/b28-16-/t19-/m0/s1. The van der Waals surface area contributed by atoms with Crippen molar-refractivity contribution in [3.8, 4) is 11.5 Å². The van der Waals surface area contributed by atoms with E-state index in [-0.39, 0.29) is 19.1 Å². The first kappa shape index (κ1) is 28.3. The molecular weight excluding hydrogens is 512 g/mol. The largest absolute Gasteiger partial charge is 0.494 e. The average Bonchev–Trinajstić information content (AvgIpc) is 3.41. The molecule has 2 N–H and O–H groups in total. The summed E-state index contributed by atoms with van der Waals surface area (Å²) in [6, 6.07) is 15.6. The smallest absolute Gasteiger partial charge is 0.263 e. The summed E-state index contributed by atoms with van der Waals surface area (Å²) in [5.41, 5.74) is 3.35. The van der Waals surface area contributed by atoms with Crippen molar-refractivity contribution in [1.82, 2.24) is 10.7 Å². The Balaban J connectivity index is 1.52. The van der Waals surface area contributed by atoms with Crippen LogP contribution < -0.4 is 24.5 Å². The maximum atomic E-state index is 12.7. The van der Waals surface area contributed by atoms with Gasteiger partial charge in [0.1, 0.15) is 23.3 Å². The highest BCUT2D eigenvalue weighted by molar-refractivity contribution is 7.92. The van der Waals surface area contributed by atoms with Gasteiger partial charge in [-0.1, -0.05) is 0 Å². The van der Waals surface area contributed by atoms with Crippen LogP contribution in [0.1, 0.15) is 25.2 Å². The van der Waals surface area contributed by atoms with Gasteiger partial charge in [0.25, 0.3) is 11.8 Å². The summed E-state index contributed by atoms with van der Waals surface area (Å²) < 4.78 is 41.9.